The lowest BCUT2D eigenvalue weighted by atomic mass is 9.84. The van der Waals surface area contributed by atoms with Crippen LogP contribution < -0.4 is 0 Å². The lowest BCUT2D eigenvalue weighted by Crippen LogP contribution is -2.39. The van der Waals surface area contributed by atoms with E-state index in [-0.39, 0.29) is 17.4 Å². The van der Waals surface area contributed by atoms with Crippen LogP contribution in [0.25, 0.3) is 0 Å². The highest BCUT2D eigenvalue weighted by atomic mass is 19.4. The summed E-state index contributed by atoms with van der Waals surface area (Å²) in [4.78, 5) is 17.0. The largest absolute Gasteiger partial charge is 0.416 e. The number of rotatable bonds is 4. The number of ether oxygens (including phenoxy) is 1. The van der Waals surface area contributed by atoms with Gasteiger partial charge >= 0.3 is 6.18 Å². The summed E-state index contributed by atoms with van der Waals surface area (Å²) in [6.45, 7) is 4.24. The molecule has 0 unspecified atom stereocenters. The molecule has 3 heterocycles. The first-order chi connectivity index (χ1) is 14.8. The average molecular weight is 436 g/mol. The average Bonchev–Trinajstić information content (AvgIpc) is 3.16. The van der Waals surface area contributed by atoms with E-state index >= 15 is 0 Å². The van der Waals surface area contributed by atoms with Crippen molar-refractivity contribution in [3.8, 4) is 0 Å². The number of aryl methyl sites for hydroxylation is 1. The molecule has 9 heteroatoms. The molecule has 1 amide bonds. The molecule has 1 fully saturated rings. The molecule has 0 saturated carbocycles. The Morgan fingerprint density at radius 1 is 1.26 bits per heavy atom. The molecule has 31 heavy (non-hydrogen) atoms. The van der Waals surface area contributed by atoms with E-state index < -0.39 is 11.7 Å². The fraction of sp³-hybridized carbons (Fsp3) is 0.545. The predicted octanol–water partition coefficient (Wildman–Crippen LogP) is 3.72. The van der Waals surface area contributed by atoms with E-state index in [1.54, 1.807) is 24.1 Å². The van der Waals surface area contributed by atoms with Crippen molar-refractivity contribution in [2.24, 2.45) is 0 Å². The summed E-state index contributed by atoms with van der Waals surface area (Å²) < 4.78 is 46.0. The third-order valence-corrected chi connectivity index (χ3v) is 6.34. The summed E-state index contributed by atoms with van der Waals surface area (Å²) in [5, 5.41) is 7.25. The van der Waals surface area contributed by atoms with E-state index in [2.05, 4.69) is 15.1 Å². The number of methoxy groups -OCH3 is 1. The monoisotopic (exact) mass is 436 g/mol. The van der Waals surface area contributed by atoms with Crippen LogP contribution in [0.5, 0.6) is 0 Å². The van der Waals surface area contributed by atoms with Gasteiger partial charge < -0.3 is 9.64 Å². The maximum absolute atomic E-state index is 13.6. The third kappa shape index (κ3) is 4.34. The van der Waals surface area contributed by atoms with Crippen molar-refractivity contribution >= 4 is 5.91 Å². The van der Waals surface area contributed by atoms with Gasteiger partial charge in [-0.1, -0.05) is 18.2 Å². The Hall–Kier alpha value is -2.39. The fourth-order valence-electron chi connectivity index (χ4n) is 4.78. The number of nitrogens with zero attached hydrogens (tertiary/aromatic N) is 3. The molecular weight excluding hydrogens is 409 g/mol. The van der Waals surface area contributed by atoms with E-state index in [4.69, 9.17) is 4.74 Å². The minimum atomic E-state index is -4.38. The molecule has 1 N–H and O–H groups in total. The van der Waals surface area contributed by atoms with Crippen molar-refractivity contribution in [1.29, 1.82) is 0 Å². The number of piperidine rings is 1. The van der Waals surface area contributed by atoms with Gasteiger partial charge in [-0.25, -0.2) is 0 Å². The van der Waals surface area contributed by atoms with Gasteiger partial charge in [0.25, 0.3) is 5.91 Å². The molecule has 4 rings (SSSR count). The highest BCUT2D eigenvalue weighted by molar-refractivity contribution is 5.94. The first kappa shape index (κ1) is 21.8. The second-order valence-corrected chi connectivity index (χ2v) is 8.35. The number of carbonyl (C=O) groups excluding carboxylic acids is 1. The molecule has 168 valence electrons. The van der Waals surface area contributed by atoms with Crippen molar-refractivity contribution in [2.45, 2.75) is 44.8 Å². The Bertz CT molecular complexity index is 949. The zero-order chi connectivity index (χ0) is 22.2. The number of hydrogen-bond acceptors (Lipinski definition) is 4. The van der Waals surface area contributed by atoms with Crippen molar-refractivity contribution in [2.75, 3.05) is 33.5 Å². The van der Waals surface area contributed by atoms with Gasteiger partial charge in [0.05, 0.1) is 12.3 Å². The lowest BCUT2D eigenvalue weighted by Gasteiger charge is -2.33. The van der Waals surface area contributed by atoms with Crippen LogP contribution in [-0.4, -0.2) is 59.4 Å². The van der Waals surface area contributed by atoms with Crippen LogP contribution in [-0.2, 0) is 23.9 Å². The van der Waals surface area contributed by atoms with Crippen LogP contribution in [0, 0.1) is 6.92 Å². The summed E-state index contributed by atoms with van der Waals surface area (Å²) >= 11 is 0. The summed E-state index contributed by atoms with van der Waals surface area (Å²) in [5.41, 5.74) is 2.34. The second-order valence-electron chi connectivity index (χ2n) is 8.35. The van der Waals surface area contributed by atoms with Gasteiger partial charge in [0.15, 0.2) is 5.69 Å². The number of aromatic nitrogens is 2. The number of carbonyl (C=O) groups is 1. The summed E-state index contributed by atoms with van der Waals surface area (Å²) in [5.74, 6) is -0.374. The van der Waals surface area contributed by atoms with Gasteiger partial charge in [0, 0.05) is 51.0 Å². The van der Waals surface area contributed by atoms with Crippen LogP contribution in [0.15, 0.2) is 18.2 Å². The summed E-state index contributed by atoms with van der Waals surface area (Å²) in [6.07, 6.45) is -2.61. The standard InChI is InChI=1S/C22H27F3N4O2/c1-14-4-3-5-16(19(14)22(23,24)25)15-6-10-29(11-7-15)21(30)20-17-12-28(13-31-2)9-8-18(17)26-27-20/h3-5,15H,6-13H2,1-2H3,(H,26,27). The molecule has 2 aliphatic heterocycles. The molecule has 1 saturated heterocycles. The van der Waals surface area contributed by atoms with E-state index in [0.717, 1.165) is 24.2 Å². The number of alkyl halides is 3. The SMILES string of the molecule is COCN1CCc2[nH]nc(C(=O)N3CCC(c4cccc(C)c4C(F)(F)F)CC3)c2C1. The maximum Gasteiger partial charge on any atom is 0.416 e. The van der Waals surface area contributed by atoms with Gasteiger partial charge in [-0.15, -0.1) is 0 Å². The molecule has 0 atom stereocenters. The molecule has 2 aromatic rings. The number of benzene rings is 1. The topological polar surface area (TPSA) is 61.5 Å². The molecule has 1 aromatic carbocycles. The van der Waals surface area contributed by atoms with Gasteiger partial charge in [0.2, 0.25) is 0 Å². The highest BCUT2D eigenvalue weighted by Gasteiger charge is 2.38. The van der Waals surface area contributed by atoms with Crippen LogP contribution in [0.1, 0.15) is 57.2 Å². The van der Waals surface area contributed by atoms with Crippen LogP contribution in [0.4, 0.5) is 13.2 Å². The highest BCUT2D eigenvalue weighted by Crippen LogP contribution is 2.40. The number of H-pyrrole nitrogens is 1. The Labute approximate surface area is 179 Å². The second kappa shape index (κ2) is 8.63. The normalized spacial score (nSPS) is 18.3. The Kier molecular flexibility index (Phi) is 6.07. The first-order valence-corrected chi connectivity index (χ1v) is 10.5. The smallest absolute Gasteiger partial charge is 0.369 e. The molecule has 6 nitrogen and oxygen atoms in total. The minimum Gasteiger partial charge on any atom is -0.369 e. The van der Waals surface area contributed by atoms with E-state index in [0.29, 0.717) is 50.5 Å². The minimum absolute atomic E-state index is 0.157. The number of aromatic amines is 1. The van der Waals surface area contributed by atoms with Crippen LogP contribution in [0.3, 0.4) is 0 Å². The van der Waals surface area contributed by atoms with Crippen molar-refractivity contribution in [3.63, 3.8) is 0 Å². The van der Waals surface area contributed by atoms with E-state index in [9.17, 15) is 18.0 Å². The van der Waals surface area contributed by atoms with Crippen LogP contribution >= 0.6 is 0 Å². The number of halogens is 3. The molecule has 0 bridgehead atoms. The summed E-state index contributed by atoms with van der Waals surface area (Å²) in [6, 6.07) is 4.75. The maximum atomic E-state index is 13.6. The molecular formula is C22H27F3N4O2. The van der Waals surface area contributed by atoms with E-state index in [1.807, 2.05) is 0 Å². The summed E-state index contributed by atoms with van der Waals surface area (Å²) in [7, 11) is 1.64. The van der Waals surface area contributed by atoms with Crippen LogP contribution in [0.2, 0.25) is 0 Å². The Morgan fingerprint density at radius 3 is 2.68 bits per heavy atom. The molecule has 2 aliphatic rings. The predicted molar refractivity (Wildman–Crippen MR) is 109 cm³/mol. The first-order valence-electron chi connectivity index (χ1n) is 10.5. The molecule has 0 aliphatic carbocycles. The quantitative estimate of drug-likeness (QED) is 0.794. The number of hydrogen-bond donors (Lipinski definition) is 1. The Balaban J connectivity index is 1.47. The fourth-order valence-corrected chi connectivity index (χ4v) is 4.78. The number of fused-ring (bicyclic) bond motifs is 1. The lowest BCUT2D eigenvalue weighted by molar-refractivity contribution is -0.139. The van der Waals surface area contributed by atoms with Gasteiger partial charge in [-0.3, -0.25) is 14.8 Å². The van der Waals surface area contributed by atoms with Crippen molar-refractivity contribution < 1.29 is 22.7 Å². The van der Waals surface area contributed by atoms with Crippen molar-refractivity contribution in [3.05, 3.63) is 51.8 Å². The van der Waals surface area contributed by atoms with Gasteiger partial charge in [-0.2, -0.15) is 18.3 Å². The molecule has 1 aromatic heterocycles. The number of nitrogens with one attached hydrogen (secondary N) is 1. The number of likely N-dealkylation sites (tertiary alicyclic amines) is 1. The van der Waals surface area contributed by atoms with Crippen molar-refractivity contribution in [1.82, 2.24) is 20.0 Å². The zero-order valence-corrected chi connectivity index (χ0v) is 17.8. The third-order valence-electron chi connectivity index (χ3n) is 6.34. The van der Waals surface area contributed by atoms with E-state index in [1.165, 1.54) is 13.0 Å². The van der Waals surface area contributed by atoms with Gasteiger partial charge in [0.1, 0.15) is 0 Å². The van der Waals surface area contributed by atoms with Gasteiger partial charge in [-0.05, 0) is 36.8 Å². The Morgan fingerprint density at radius 2 is 2.00 bits per heavy atom. The molecule has 0 radical (unpaired) electrons. The molecule has 0 spiro atoms. The number of amides is 1. The zero-order valence-electron chi connectivity index (χ0n) is 17.8.